The number of hydrogen-bond donors (Lipinski definition) is 0. The SMILES string of the molecule is O=C(Cc1ccc(F)cc1Cl)c1ccc(I)c(Cl)c1. The van der Waals surface area contributed by atoms with Gasteiger partial charge in [-0.2, -0.15) is 0 Å². The maximum absolute atomic E-state index is 12.9. The van der Waals surface area contributed by atoms with Gasteiger partial charge in [0.05, 0.1) is 5.02 Å². The number of halogens is 4. The highest BCUT2D eigenvalue weighted by atomic mass is 127. The van der Waals surface area contributed by atoms with E-state index in [0.717, 1.165) is 3.57 Å². The van der Waals surface area contributed by atoms with Crippen LogP contribution in [0.5, 0.6) is 0 Å². The Balaban J connectivity index is 2.23. The maximum atomic E-state index is 12.9. The first kappa shape index (κ1) is 14.8. The third-order valence-electron chi connectivity index (χ3n) is 2.61. The van der Waals surface area contributed by atoms with Crippen molar-refractivity contribution in [1.82, 2.24) is 0 Å². The van der Waals surface area contributed by atoms with Crippen molar-refractivity contribution in [3.63, 3.8) is 0 Å². The summed E-state index contributed by atoms with van der Waals surface area (Å²) >= 11 is 14.0. The monoisotopic (exact) mass is 408 g/mol. The van der Waals surface area contributed by atoms with Crippen molar-refractivity contribution in [2.45, 2.75) is 6.42 Å². The van der Waals surface area contributed by atoms with Crippen molar-refractivity contribution in [3.8, 4) is 0 Å². The molecule has 98 valence electrons. The van der Waals surface area contributed by atoms with Crippen LogP contribution >= 0.6 is 45.8 Å². The highest BCUT2D eigenvalue weighted by Crippen LogP contribution is 2.22. The first-order chi connectivity index (χ1) is 8.97. The van der Waals surface area contributed by atoms with Gasteiger partial charge in [0.2, 0.25) is 0 Å². The minimum atomic E-state index is -0.418. The van der Waals surface area contributed by atoms with Crippen LogP contribution in [0, 0.1) is 9.39 Å². The minimum absolute atomic E-state index is 0.105. The first-order valence-corrected chi connectivity index (χ1v) is 7.23. The van der Waals surface area contributed by atoms with Crippen LogP contribution in [0.3, 0.4) is 0 Å². The Kier molecular flexibility index (Phi) is 4.81. The van der Waals surface area contributed by atoms with Crippen LogP contribution in [0.1, 0.15) is 15.9 Å². The van der Waals surface area contributed by atoms with Crippen molar-refractivity contribution in [3.05, 3.63) is 67.0 Å². The van der Waals surface area contributed by atoms with Gasteiger partial charge in [-0.05, 0) is 52.4 Å². The Morgan fingerprint density at radius 3 is 2.47 bits per heavy atom. The van der Waals surface area contributed by atoms with Gasteiger partial charge < -0.3 is 0 Å². The molecule has 2 rings (SSSR count). The van der Waals surface area contributed by atoms with Crippen LogP contribution in [-0.2, 0) is 6.42 Å². The topological polar surface area (TPSA) is 17.1 Å². The van der Waals surface area contributed by atoms with E-state index in [1.165, 1.54) is 18.2 Å². The predicted octanol–water partition coefficient (Wildman–Crippen LogP) is 5.16. The molecule has 0 aromatic heterocycles. The minimum Gasteiger partial charge on any atom is -0.294 e. The zero-order chi connectivity index (χ0) is 14.0. The van der Waals surface area contributed by atoms with Crippen LogP contribution in [0.4, 0.5) is 4.39 Å². The molecule has 0 aliphatic rings. The molecule has 0 bridgehead atoms. The van der Waals surface area contributed by atoms with Gasteiger partial charge in [0.25, 0.3) is 0 Å². The van der Waals surface area contributed by atoms with E-state index in [1.807, 2.05) is 0 Å². The van der Waals surface area contributed by atoms with Gasteiger partial charge in [-0.25, -0.2) is 4.39 Å². The summed E-state index contributed by atoms with van der Waals surface area (Å²) in [5.41, 5.74) is 1.12. The van der Waals surface area contributed by atoms with E-state index in [4.69, 9.17) is 23.2 Å². The van der Waals surface area contributed by atoms with Gasteiger partial charge in [0.1, 0.15) is 5.82 Å². The summed E-state index contributed by atoms with van der Waals surface area (Å²) in [7, 11) is 0. The summed E-state index contributed by atoms with van der Waals surface area (Å²) < 4.78 is 13.8. The van der Waals surface area contributed by atoms with Crippen LogP contribution < -0.4 is 0 Å². The molecule has 0 unspecified atom stereocenters. The number of carbonyl (C=O) groups is 1. The molecular weight excluding hydrogens is 401 g/mol. The Bertz CT molecular complexity index is 643. The molecule has 5 heteroatoms. The molecule has 0 amide bonds. The molecule has 0 radical (unpaired) electrons. The molecule has 0 fully saturated rings. The summed E-state index contributed by atoms with van der Waals surface area (Å²) in [6.07, 6.45) is 0.121. The molecule has 2 aromatic carbocycles. The molecule has 0 heterocycles. The average molecular weight is 409 g/mol. The zero-order valence-electron chi connectivity index (χ0n) is 9.59. The molecule has 0 saturated carbocycles. The summed E-state index contributed by atoms with van der Waals surface area (Å²) in [5.74, 6) is -0.523. The smallest absolute Gasteiger partial charge is 0.167 e. The highest BCUT2D eigenvalue weighted by molar-refractivity contribution is 14.1. The summed E-state index contributed by atoms with van der Waals surface area (Å²) in [5, 5.41) is 0.793. The average Bonchev–Trinajstić information content (AvgIpc) is 2.36. The van der Waals surface area contributed by atoms with Gasteiger partial charge in [0.15, 0.2) is 5.78 Å². The van der Waals surface area contributed by atoms with E-state index >= 15 is 0 Å². The second kappa shape index (κ2) is 6.20. The van der Waals surface area contributed by atoms with Crippen molar-refractivity contribution in [1.29, 1.82) is 0 Å². The van der Waals surface area contributed by atoms with Gasteiger partial charge in [-0.1, -0.05) is 35.3 Å². The molecule has 0 aliphatic carbocycles. The fourth-order valence-corrected chi connectivity index (χ4v) is 2.36. The quantitative estimate of drug-likeness (QED) is 0.506. The maximum Gasteiger partial charge on any atom is 0.167 e. The molecule has 0 atom stereocenters. The number of hydrogen-bond acceptors (Lipinski definition) is 1. The highest BCUT2D eigenvalue weighted by Gasteiger charge is 2.11. The van der Waals surface area contributed by atoms with Crippen LogP contribution in [-0.4, -0.2) is 5.78 Å². The molecule has 19 heavy (non-hydrogen) atoms. The molecule has 0 aliphatic heterocycles. The zero-order valence-corrected chi connectivity index (χ0v) is 13.3. The second-order valence-electron chi connectivity index (χ2n) is 3.96. The molecule has 1 nitrogen and oxygen atoms in total. The number of benzene rings is 2. The van der Waals surface area contributed by atoms with E-state index in [-0.39, 0.29) is 17.2 Å². The van der Waals surface area contributed by atoms with E-state index < -0.39 is 5.82 Å². The van der Waals surface area contributed by atoms with Crippen molar-refractivity contribution in [2.75, 3.05) is 0 Å². The lowest BCUT2D eigenvalue weighted by Crippen LogP contribution is -2.04. The predicted molar refractivity (Wildman–Crippen MR) is 83.6 cm³/mol. The van der Waals surface area contributed by atoms with Crippen molar-refractivity contribution < 1.29 is 9.18 Å². The third-order valence-corrected chi connectivity index (χ3v) is 4.53. The van der Waals surface area contributed by atoms with E-state index in [0.29, 0.717) is 16.1 Å². The Morgan fingerprint density at radius 2 is 1.84 bits per heavy atom. The number of ketones is 1. The number of carbonyl (C=O) groups excluding carboxylic acids is 1. The molecular formula is C14H8Cl2FIO. The molecule has 0 N–H and O–H groups in total. The van der Waals surface area contributed by atoms with Gasteiger partial charge in [-0.3, -0.25) is 4.79 Å². The lowest BCUT2D eigenvalue weighted by molar-refractivity contribution is 0.0993. The second-order valence-corrected chi connectivity index (χ2v) is 5.94. The summed E-state index contributed by atoms with van der Waals surface area (Å²) in [6, 6.07) is 9.13. The van der Waals surface area contributed by atoms with E-state index in [1.54, 1.807) is 18.2 Å². The third kappa shape index (κ3) is 3.68. The Labute approximate surface area is 133 Å². The van der Waals surface area contributed by atoms with Crippen LogP contribution in [0.25, 0.3) is 0 Å². The normalized spacial score (nSPS) is 10.5. The molecule has 2 aromatic rings. The molecule has 0 spiro atoms. The Hall–Kier alpha value is -0.650. The number of rotatable bonds is 3. The lowest BCUT2D eigenvalue weighted by Gasteiger charge is -2.05. The molecule has 0 saturated heterocycles. The summed E-state index contributed by atoms with van der Waals surface area (Å²) in [6.45, 7) is 0. The van der Waals surface area contributed by atoms with E-state index in [9.17, 15) is 9.18 Å². The van der Waals surface area contributed by atoms with E-state index in [2.05, 4.69) is 22.6 Å². The van der Waals surface area contributed by atoms with Crippen molar-refractivity contribution in [2.24, 2.45) is 0 Å². The fourth-order valence-electron chi connectivity index (χ4n) is 1.61. The largest absolute Gasteiger partial charge is 0.294 e. The van der Waals surface area contributed by atoms with Crippen LogP contribution in [0.15, 0.2) is 36.4 Å². The standard InChI is InChI=1S/C14H8Cl2FIO/c15-11-7-10(17)3-1-8(11)6-14(19)9-2-4-13(18)12(16)5-9/h1-5,7H,6H2. The van der Waals surface area contributed by atoms with Gasteiger partial charge in [0, 0.05) is 20.6 Å². The van der Waals surface area contributed by atoms with Crippen molar-refractivity contribution >= 4 is 51.6 Å². The van der Waals surface area contributed by atoms with Gasteiger partial charge in [-0.15, -0.1) is 0 Å². The van der Waals surface area contributed by atoms with Gasteiger partial charge >= 0.3 is 0 Å². The fraction of sp³-hybridized carbons (Fsp3) is 0.0714. The first-order valence-electron chi connectivity index (χ1n) is 5.39. The summed E-state index contributed by atoms with van der Waals surface area (Å²) in [4.78, 5) is 12.1. The lowest BCUT2D eigenvalue weighted by atomic mass is 10.0. The Morgan fingerprint density at radius 1 is 1.11 bits per heavy atom. The van der Waals surface area contributed by atoms with Crippen LogP contribution in [0.2, 0.25) is 10.0 Å². The number of Topliss-reactive ketones (excluding diaryl/α,β-unsaturated/α-hetero) is 1.